The Balaban J connectivity index is 2.29. The molecule has 3 rings (SSSR count). The number of nitrogens with one attached hydrogen (secondary N) is 1. The van der Waals surface area contributed by atoms with Crippen molar-refractivity contribution in [1.29, 1.82) is 0 Å². The average molecular weight is 364 g/mol. The van der Waals surface area contributed by atoms with E-state index in [4.69, 9.17) is 16.7 Å². The highest BCUT2D eigenvalue weighted by atomic mass is 35.5. The van der Waals surface area contributed by atoms with Crippen LogP contribution in [0.5, 0.6) is 0 Å². The van der Waals surface area contributed by atoms with Crippen LogP contribution in [-0.4, -0.2) is 36.9 Å². The predicted octanol–water partition coefficient (Wildman–Crippen LogP) is 0.540. The van der Waals surface area contributed by atoms with Gasteiger partial charge in [-0.1, -0.05) is 29.8 Å². The van der Waals surface area contributed by atoms with Gasteiger partial charge in [-0.25, -0.2) is 4.79 Å². The molecule has 0 bridgehead atoms. The maximum Gasteiger partial charge on any atom is 0.332 e. The summed E-state index contributed by atoms with van der Waals surface area (Å²) in [6.45, 7) is 0.476. The van der Waals surface area contributed by atoms with Crippen molar-refractivity contribution in [3.63, 3.8) is 0 Å². The maximum atomic E-state index is 12.7. The molecule has 0 aliphatic heterocycles. The molecule has 0 aliphatic carbocycles. The van der Waals surface area contributed by atoms with Crippen molar-refractivity contribution < 1.29 is 5.11 Å². The number of aromatic nitrogens is 4. The van der Waals surface area contributed by atoms with E-state index >= 15 is 0 Å². The summed E-state index contributed by atoms with van der Waals surface area (Å²) in [6.07, 6.45) is 0. The highest BCUT2D eigenvalue weighted by Crippen LogP contribution is 2.21. The summed E-state index contributed by atoms with van der Waals surface area (Å²) in [6, 6.07) is 7.31. The number of nitrogens with zero attached hydrogens (tertiary/aromatic N) is 4. The molecular weight excluding hydrogens is 346 g/mol. The van der Waals surface area contributed by atoms with Crippen molar-refractivity contribution in [2.24, 2.45) is 14.1 Å². The first-order valence-corrected chi connectivity index (χ1v) is 8.08. The zero-order chi connectivity index (χ0) is 18.1. The molecule has 0 saturated heterocycles. The van der Waals surface area contributed by atoms with Crippen molar-refractivity contribution in [3.05, 3.63) is 55.7 Å². The Labute approximate surface area is 147 Å². The molecule has 2 heterocycles. The fourth-order valence-electron chi connectivity index (χ4n) is 2.70. The summed E-state index contributed by atoms with van der Waals surface area (Å²) in [5, 5.41) is 12.6. The van der Waals surface area contributed by atoms with Crippen LogP contribution in [0.2, 0.25) is 5.02 Å². The number of aliphatic hydroxyl groups excluding tert-OH is 1. The van der Waals surface area contributed by atoms with E-state index < -0.39 is 11.2 Å². The van der Waals surface area contributed by atoms with Crippen LogP contribution in [0.15, 0.2) is 33.9 Å². The third kappa shape index (κ3) is 2.94. The lowest BCUT2D eigenvalue weighted by molar-refractivity contribution is 0.310. The number of aryl methyl sites for hydroxylation is 1. The number of aliphatic hydroxyl groups is 1. The number of hydrogen-bond acceptors (Lipinski definition) is 5. The molecule has 25 heavy (non-hydrogen) atoms. The zero-order valence-corrected chi connectivity index (χ0v) is 14.6. The first-order valence-electron chi connectivity index (χ1n) is 7.70. The van der Waals surface area contributed by atoms with E-state index in [1.54, 1.807) is 17.7 Å². The van der Waals surface area contributed by atoms with E-state index in [2.05, 4.69) is 10.3 Å². The van der Waals surface area contributed by atoms with E-state index in [0.717, 1.165) is 10.1 Å². The molecular formula is C16H18ClN5O3. The molecule has 3 aromatic rings. The van der Waals surface area contributed by atoms with Crippen LogP contribution in [0, 0.1) is 0 Å². The van der Waals surface area contributed by atoms with Gasteiger partial charge < -0.3 is 10.4 Å². The van der Waals surface area contributed by atoms with E-state index in [0.29, 0.717) is 23.0 Å². The van der Waals surface area contributed by atoms with Crippen molar-refractivity contribution in [2.45, 2.75) is 6.54 Å². The molecule has 0 spiro atoms. The molecule has 0 atom stereocenters. The second-order valence-corrected chi connectivity index (χ2v) is 6.05. The first-order chi connectivity index (χ1) is 12.0. The summed E-state index contributed by atoms with van der Waals surface area (Å²) < 4.78 is 4.04. The molecule has 1 aromatic carbocycles. The van der Waals surface area contributed by atoms with Crippen molar-refractivity contribution in [2.75, 3.05) is 18.5 Å². The summed E-state index contributed by atoms with van der Waals surface area (Å²) in [4.78, 5) is 29.2. The lowest BCUT2D eigenvalue weighted by atomic mass is 10.2. The van der Waals surface area contributed by atoms with Crippen molar-refractivity contribution in [3.8, 4) is 0 Å². The number of anilines is 1. The molecule has 2 N–H and O–H groups in total. The average Bonchev–Trinajstić information content (AvgIpc) is 2.96. The summed E-state index contributed by atoms with van der Waals surface area (Å²) in [7, 11) is 2.99. The Morgan fingerprint density at radius 3 is 2.60 bits per heavy atom. The lowest BCUT2D eigenvalue weighted by Gasteiger charge is -2.11. The van der Waals surface area contributed by atoms with Crippen molar-refractivity contribution >= 4 is 28.7 Å². The van der Waals surface area contributed by atoms with E-state index in [9.17, 15) is 9.59 Å². The standard InChI is InChI=1S/C16H18ClN5O3/c1-20-13-12(14(24)21(2)16(20)25)22(15(19-13)18-7-8-23)9-10-5-3-4-6-11(10)17/h3-6,23H,7-9H2,1-2H3,(H,18,19). The molecule has 2 aromatic heterocycles. The molecule has 0 fully saturated rings. The molecule has 0 radical (unpaired) electrons. The Hall–Kier alpha value is -2.58. The van der Waals surface area contributed by atoms with Gasteiger partial charge in [0.05, 0.1) is 13.2 Å². The SMILES string of the molecule is Cn1c(=O)c2c(nc(NCCO)n2Cc2ccccc2Cl)n(C)c1=O. The van der Waals surface area contributed by atoms with Gasteiger partial charge in [0.15, 0.2) is 11.2 Å². The summed E-state index contributed by atoms with van der Waals surface area (Å²) in [5.74, 6) is 0.391. The van der Waals surface area contributed by atoms with Gasteiger partial charge in [-0.15, -0.1) is 0 Å². The van der Waals surface area contributed by atoms with Gasteiger partial charge >= 0.3 is 5.69 Å². The number of imidazole rings is 1. The minimum absolute atomic E-state index is 0.0910. The smallest absolute Gasteiger partial charge is 0.332 e. The van der Waals surface area contributed by atoms with E-state index in [-0.39, 0.29) is 18.8 Å². The molecule has 0 unspecified atom stereocenters. The third-order valence-corrected chi connectivity index (χ3v) is 4.40. The van der Waals surface area contributed by atoms with Gasteiger partial charge in [-0.3, -0.25) is 18.5 Å². The monoisotopic (exact) mass is 363 g/mol. The lowest BCUT2D eigenvalue weighted by Crippen LogP contribution is -2.37. The molecule has 0 aliphatic rings. The first kappa shape index (κ1) is 17.2. The van der Waals surface area contributed by atoms with E-state index in [1.165, 1.54) is 11.6 Å². The van der Waals surface area contributed by atoms with Crippen molar-refractivity contribution in [1.82, 2.24) is 18.7 Å². The molecule has 0 amide bonds. The Kier molecular flexibility index (Phi) is 4.65. The Morgan fingerprint density at radius 2 is 1.92 bits per heavy atom. The summed E-state index contributed by atoms with van der Waals surface area (Å²) in [5.41, 5.74) is 0.500. The quantitative estimate of drug-likeness (QED) is 0.690. The van der Waals surface area contributed by atoms with E-state index in [1.807, 2.05) is 18.2 Å². The fraction of sp³-hybridized carbons (Fsp3) is 0.312. The number of hydrogen-bond donors (Lipinski definition) is 2. The Morgan fingerprint density at radius 1 is 1.20 bits per heavy atom. The minimum atomic E-state index is -0.450. The second kappa shape index (κ2) is 6.73. The topological polar surface area (TPSA) is 94.1 Å². The normalized spacial score (nSPS) is 11.2. The van der Waals surface area contributed by atoms with Gasteiger partial charge in [-0.2, -0.15) is 4.98 Å². The van der Waals surface area contributed by atoms with Crippen LogP contribution >= 0.6 is 11.6 Å². The zero-order valence-electron chi connectivity index (χ0n) is 13.9. The van der Waals surface area contributed by atoms with Gasteiger partial charge in [-0.05, 0) is 11.6 Å². The van der Waals surface area contributed by atoms with Crippen LogP contribution in [0.3, 0.4) is 0 Å². The summed E-state index contributed by atoms with van der Waals surface area (Å²) >= 11 is 6.24. The molecule has 132 valence electrons. The van der Waals surface area contributed by atoms with Crippen LogP contribution in [-0.2, 0) is 20.6 Å². The largest absolute Gasteiger partial charge is 0.395 e. The molecule has 0 saturated carbocycles. The van der Waals surface area contributed by atoms with Gasteiger partial charge in [0, 0.05) is 25.7 Å². The number of fused-ring (bicyclic) bond motifs is 1. The van der Waals surface area contributed by atoms with Gasteiger partial charge in [0.2, 0.25) is 5.95 Å². The fourth-order valence-corrected chi connectivity index (χ4v) is 2.90. The highest BCUT2D eigenvalue weighted by Gasteiger charge is 2.19. The maximum absolute atomic E-state index is 12.7. The van der Waals surface area contributed by atoms with Gasteiger partial charge in [0.1, 0.15) is 0 Å². The third-order valence-electron chi connectivity index (χ3n) is 4.03. The highest BCUT2D eigenvalue weighted by molar-refractivity contribution is 6.31. The van der Waals surface area contributed by atoms with Crippen LogP contribution in [0.4, 0.5) is 5.95 Å². The van der Waals surface area contributed by atoms with Gasteiger partial charge in [0.25, 0.3) is 5.56 Å². The Bertz CT molecular complexity index is 1050. The molecule has 9 heteroatoms. The van der Waals surface area contributed by atoms with Crippen LogP contribution in [0.1, 0.15) is 5.56 Å². The predicted molar refractivity (Wildman–Crippen MR) is 96.3 cm³/mol. The second-order valence-electron chi connectivity index (χ2n) is 5.64. The minimum Gasteiger partial charge on any atom is -0.395 e. The number of benzene rings is 1. The number of rotatable bonds is 5. The number of halogens is 1. The molecule has 8 nitrogen and oxygen atoms in total. The van der Waals surface area contributed by atoms with Crippen LogP contribution in [0.25, 0.3) is 11.2 Å². The van der Waals surface area contributed by atoms with Crippen LogP contribution < -0.4 is 16.6 Å².